The zero-order valence-corrected chi connectivity index (χ0v) is 23.3. The third-order valence-electron chi connectivity index (χ3n) is 6.12. The Labute approximate surface area is 236 Å². The summed E-state index contributed by atoms with van der Waals surface area (Å²) in [5.41, 5.74) is 7.90. The van der Waals surface area contributed by atoms with Crippen LogP contribution in [-0.4, -0.2) is 26.3 Å². The molecular formula is C30H29BrN2O6. The first kappa shape index (κ1) is 27.9. The minimum Gasteiger partial charge on any atom is -0.493 e. The summed E-state index contributed by atoms with van der Waals surface area (Å²) < 4.78 is 29.1. The molecule has 0 spiro atoms. The molecule has 8 nitrogen and oxygen atoms in total. The van der Waals surface area contributed by atoms with Crippen LogP contribution in [0, 0.1) is 11.3 Å². The monoisotopic (exact) mass is 592 g/mol. The number of hydrogen-bond acceptors (Lipinski definition) is 8. The predicted molar refractivity (Wildman–Crippen MR) is 149 cm³/mol. The number of nitriles is 1. The number of nitrogens with two attached hydrogens (primary N) is 1. The van der Waals surface area contributed by atoms with E-state index in [1.54, 1.807) is 37.4 Å². The van der Waals surface area contributed by atoms with Gasteiger partial charge in [0, 0.05) is 16.1 Å². The minimum absolute atomic E-state index is 0.0177. The van der Waals surface area contributed by atoms with E-state index in [9.17, 15) is 10.1 Å². The highest BCUT2D eigenvalue weighted by Gasteiger charge is 2.31. The third kappa shape index (κ3) is 6.84. The fourth-order valence-electron chi connectivity index (χ4n) is 4.19. The molecule has 0 fully saturated rings. The Morgan fingerprint density at radius 2 is 1.79 bits per heavy atom. The average molecular weight is 593 g/mol. The number of carbonyl (C=O) groups is 1. The van der Waals surface area contributed by atoms with Crippen LogP contribution in [-0.2, 0) is 4.79 Å². The summed E-state index contributed by atoms with van der Waals surface area (Å²) in [6.07, 6.45) is 3.15. The molecule has 0 saturated carbocycles. The molecule has 1 atom stereocenters. The van der Waals surface area contributed by atoms with Crippen LogP contribution in [0.4, 0.5) is 0 Å². The molecule has 3 aromatic rings. The number of fused-ring (bicyclic) bond motifs is 1. The third-order valence-corrected chi connectivity index (χ3v) is 6.65. The molecular weight excluding hydrogens is 564 g/mol. The number of allylic oxidation sites excluding steroid dienone is 1. The summed E-state index contributed by atoms with van der Waals surface area (Å²) in [5, 5.41) is 9.90. The maximum atomic E-state index is 12.4. The van der Waals surface area contributed by atoms with E-state index in [1.165, 1.54) is 0 Å². The predicted octanol–water partition coefficient (Wildman–Crippen LogP) is 6.23. The van der Waals surface area contributed by atoms with Crippen molar-refractivity contribution in [2.75, 3.05) is 20.3 Å². The SMILES string of the molecule is CCCCCOc1ccc(C2C(C#N)=C(N)Oc3cc(OC(=O)COc4ccc(Br)cc4)ccc32)cc1OC. The van der Waals surface area contributed by atoms with E-state index in [2.05, 4.69) is 28.9 Å². The highest BCUT2D eigenvalue weighted by Crippen LogP contribution is 2.45. The van der Waals surface area contributed by atoms with Crippen LogP contribution in [0.5, 0.6) is 28.7 Å². The van der Waals surface area contributed by atoms with Crippen molar-refractivity contribution in [2.24, 2.45) is 5.73 Å². The van der Waals surface area contributed by atoms with Crippen molar-refractivity contribution in [3.8, 4) is 34.8 Å². The topological polar surface area (TPSA) is 113 Å². The van der Waals surface area contributed by atoms with Crippen molar-refractivity contribution in [2.45, 2.75) is 32.1 Å². The van der Waals surface area contributed by atoms with Gasteiger partial charge in [0.1, 0.15) is 28.9 Å². The second-order valence-electron chi connectivity index (χ2n) is 8.81. The fourth-order valence-corrected chi connectivity index (χ4v) is 4.46. The Hall–Kier alpha value is -4.16. The van der Waals surface area contributed by atoms with Gasteiger partial charge in [0.05, 0.1) is 19.6 Å². The summed E-state index contributed by atoms with van der Waals surface area (Å²) in [6.45, 7) is 2.46. The Kier molecular flexibility index (Phi) is 9.34. The van der Waals surface area contributed by atoms with E-state index in [0.29, 0.717) is 35.2 Å². The molecule has 4 rings (SSSR count). The number of nitrogens with zero attached hydrogens (tertiary/aromatic N) is 1. The lowest BCUT2D eigenvalue weighted by Crippen LogP contribution is -2.22. The molecule has 0 aromatic heterocycles. The quantitative estimate of drug-likeness (QED) is 0.158. The summed E-state index contributed by atoms with van der Waals surface area (Å²) in [6, 6.07) is 19.8. The second-order valence-corrected chi connectivity index (χ2v) is 9.72. The summed E-state index contributed by atoms with van der Waals surface area (Å²) in [4.78, 5) is 12.4. The van der Waals surface area contributed by atoms with Crippen LogP contribution in [0.2, 0.25) is 0 Å². The first-order chi connectivity index (χ1) is 18.9. The van der Waals surface area contributed by atoms with Crippen LogP contribution in [0.25, 0.3) is 0 Å². The number of benzene rings is 3. The summed E-state index contributed by atoms with van der Waals surface area (Å²) >= 11 is 3.35. The summed E-state index contributed by atoms with van der Waals surface area (Å²) in [5.74, 6) is 1.28. The van der Waals surface area contributed by atoms with Gasteiger partial charge in [-0.15, -0.1) is 0 Å². The number of carbonyl (C=O) groups excluding carboxylic acids is 1. The van der Waals surface area contributed by atoms with Crippen molar-refractivity contribution in [3.63, 3.8) is 0 Å². The molecule has 1 unspecified atom stereocenters. The maximum absolute atomic E-state index is 12.4. The lowest BCUT2D eigenvalue weighted by Gasteiger charge is -2.27. The minimum atomic E-state index is -0.578. The molecule has 0 amide bonds. The average Bonchev–Trinajstić information content (AvgIpc) is 2.94. The van der Waals surface area contributed by atoms with E-state index >= 15 is 0 Å². The van der Waals surface area contributed by atoms with Crippen LogP contribution < -0.4 is 29.4 Å². The largest absolute Gasteiger partial charge is 0.493 e. The molecule has 1 heterocycles. The van der Waals surface area contributed by atoms with E-state index in [-0.39, 0.29) is 23.8 Å². The van der Waals surface area contributed by atoms with Gasteiger partial charge >= 0.3 is 5.97 Å². The normalized spacial score (nSPS) is 14.1. The second kappa shape index (κ2) is 13.1. The Balaban J connectivity index is 1.54. The van der Waals surface area contributed by atoms with Crippen LogP contribution in [0.15, 0.2) is 76.6 Å². The van der Waals surface area contributed by atoms with Gasteiger partial charge in [-0.1, -0.05) is 47.8 Å². The van der Waals surface area contributed by atoms with E-state index in [4.69, 9.17) is 29.4 Å². The van der Waals surface area contributed by atoms with Gasteiger partial charge in [-0.2, -0.15) is 5.26 Å². The molecule has 0 aliphatic carbocycles. The molecule has 0 bridgehead atoms. The number of unbranched alkanes of at least 4 members (excludes halogenated alkanes) is 2. The van der Waals surface area contributed by atoms with Gasteiger partial charge < -0.3 is 29.4 Å². The number of methoxy groups -OCH3 is 1. The zero-order valence-electron chi connectivity index (χ0n) is 21.7. The molecule has 9 heteroatoms. The van der Waals surface area contributed by atoms with E-state index < -0.39 is 11.9 Å². The van der Waals surface area contributed by atoms with Crippen LogP contribution in [0.3, 0.4) is 0 Å². The van der Waals surface area contributed by atoms with Gasteiger partial charge in [-0.25, -0.2) is 4.79 Å². The molecule has 202 valence electrons. The number of ether oxygens (including phenoxy) is 5. The Morgan fingerprint density at radius 3 is 2.51 bits per heavy atom. The summed E-state index contributed by atoms with van der Waals surface area (Å²) in [7, 11) is 1.58. The first-order valence-corrected chi connectivity index (χ1v) is 13.3. The zero-order chi connectivity index (χ0) is 27.8. The van der Waals surface area contributed by atoms with Crippen molar-refractivity contribution in [1.29, 1.82) is 5.26 Å². The molecule has 2 N–H and O–H groups in total. The number of halogens is 1. The molecule has 0 saturated heterocycles. The van der Waals surface area contributed by atoms with Crippen molar-refractivity contribution in [1.82, 2.24) is 0 Å². The molecule has 1 aliphatic rings. The van der Waals surface area contributed by atoms with E-state index in [1.807, 2.05) is 30.3 Å². The van der Waals surface area contributed by atoms with Gasteiger partial charge in [0.25, 0.3) is 0 Å². The lowest BCUT2D eigenvalue weighted by molar-refractivity contribution is -0.136. The van der Waals surface area contributed by atoms with Crippen molar-refractivity contribution < 1.29 is 28.5 Å². The number of rotatable bonds is 11. The molecule has 39 heavy (non-hydrogen) atoms. The Bertz CT molecular complexity index is 1400. The van der Waals surface area contributed by atoms with Gasteiger partial charge in [-0.05, 0) is 54.4 Å². The number of esters is 1. The van der Waals surface area contributed by atoms with Crippen LogP contribution >= 0.6 is 15.9 Å². The lowest BCUT2D eigenvalue weighted by atomic mass is 9.83. The standard InChI is InChI=1S/C30H29BrN2O6/c1-3-4-5-14-36-25-13-6-19(15-27(25)35-2)29-23-12-11-22(16-26(23)39-30(33)24(29)17-32)38-28(34)18-37-21-9-7-20(31)8-10-21/h6-13,15-16,29H,3-5,14,18,33H2,1-2H3. The Morgan fingerprint density at radius 1 is 1.03 bits per heavy atom. The molecule has 1 aliphatic heterocycles. The van der Waals surface area contributed by atoms with Crippen LogP contribution in [0.1, 0.15) is 43.2 Å². The first-order valence-electron chi connectivity index (χ1n) is 12.5. The van der Waals surface area contributed by atoms with Crippen molar-refractivity contribution >= 4 is 21.9 Å². The highest BCUT2D eigenvalue weighted by atomic mass is 79.9. The fraction of sp³-hybridized carbons (Fsp3) is 0.267. The van der Waals surface area contributed by atoms with Gasteiger partial charge in [0.2, 0.25) is 5.88 Å². The number of hydrogen-bond donors (Lipinski definition) is 1. The van der Waals surface area contributed by atoms with Gasteiger partial charge in [0.15, 0.2) is 18.1 Å². The molecule has 3 aromatic carbocycles. The van der Waals surface area contributed by atoms with E-state index in [0.717, 1.165) is 29.3 Å². The maximum Gasteiger partial charge on any atom is 0.349 e. The van der Waals surface area contributed by atoms with Gasteiger partial charge in [-0.3, -0.25) is 0 Å². The molecule has 0 radical (unpaired) electrons. The highest BCUT2D eigenvalue weighted by molar-refractivity contribution is 9.10. The van der Waals surface area contributed by atoms with Crippen molar-refractivity contribution in [3.05, 3.63) is 87.7 Å². The smallest absolute Gasteiger partial charge is 0.349 e.